The van der Waals surface area contributed by atoms with Gasteiger partial charge < -0.3 is 5.11 Å². The van der Waals surface area contributed by atoms with Crippen LogP contribution >= 0.6 is 11.3 Å². The van der Waals surface area contributed by atoms with Crippen molar-refractivity contribution in [1.29, 1.82) is 0 Å². The predicted molar refractivity (Wildman–Crippen MR) is 72.2 cm³/mol. The van der Waals surface area contributed by atoms with Crippen molar-refractivity contribution < 1.29 is 5.11 Å². The Bertz CT molecular complexity index is 267. The van der Waals surface area contributed by atoms with E-state index in [4.69, 9.17) is 5.11 Å². The third-order valence-electron chi connectivity index (χ3n) is 2.85. The number of hydrogen-bond acceptors (Lipinski definition) is 2. The van der Waals surface area contributed by atoms with Crippen LogP contribution in [0.4, 0.5) is 0 Å². The summed E-state index contributed by atoms with van der Waals surface area (Å²) in [5.74, 6) is 0. The van der Waals surface area contributed by atoms with E-state index in [0.29, 0.717) is 0 Å². The van der Waals surface area contributed by atoms with Gasteiger partial charge in [-0.3, -0.25) is 0 Å². The van der Waals surface area contributed by atoms with E-state index >= 15 is 0 Å². The van der Waals surface area contributed by atoms with E-state index in [2.05, 4.69) is 19.1 Å². The average Bonchev–Trinajstić information content (AvgIpc) is 2.72. The zero-order chi connectivity index (χ0) is 11.6. The molecule has 1 nitrogen and oxygen atoms in total. The molecule has 2 heteroatoms. The van der Waals surface area contributed by atoms with Crippen LogP contribution in [0.15, 0.2) is 12.1 Å². The first-order valence-corrected chi connectivity index (χ1v) is 7.37. The molecule has 1 heterocycles. The van der Waals surface area contributed by atoms with Gasteiger partial charge in [-0.05, 0) is 25.0 Å². The lowest BCUT2D eigenvalue weighted by molar-refractivity contribution is 0.300. The molecule has 92 valence electrons. The zero-order valence-corrected chi connectivity index (χ0v) is 11.2. The summed E-state index contributed by atoms with van der Waals surface area (Å²) in [7, 11) is 0. The first-order valence-electron chi connectivity index (χ1n) is 6.55. The topological polar surface area (TPSA) is 20.2 Å². The van der Waals surface area contributed by atoms with E-state index in [1.807, 2.05) is 11.3 Å². The van der Waals surface area contributed by atoms with Crippen molar-refractivity contribution in [3.63, 3.8) is 0 Å². The molecule has 0 aliphatic heterocycles. The molecule has 16 heavy (non-hydrogen) atoms. The Kier molecular flexibility index (Phi) is 7.52. The summed E-state index contributed by atoms with van der Waals surface area (Å²) in [4.78, 5) is 2.81. The van der Waals surface area contributed by atoms with Gasteiger partial charge in [-0.15, -0.1) is 11.3 Å². The van der Waals surface area contributed by atoms with Crippen molar-refractivity contribution in [1.82, 2.24) is 0 Å². The summed E-state index contributed by atoms with van der Waals surface area (Å²) in [5, 5.41) is 8.83. The van der Waals surface area contributed by atoms with Gasteiger partial charge in [0.05, 0.1) is 0 Å². The Hall–Kier alpha value is -0.340. The first kappa shape index (κ1) is 13.7. The van der Waals surface area contributed by atoms with Gasteiger partial charge in [0.2, 0.25) is 0 Å². The normalized spacial score (nSPS) is 10.9. The maximum atomic E-state index is 8.83. The summed E-state index contributed by atoms with van der Waals surface area (Å²) in [6.07, 6.45) is 10.2. The molecular formula is C14H24OS. The Morgan fingerprint density at radius 3 is 2.25 bits per heavy atom. The minimum absolute atomic E-state index is 0.275. The fourth-order valence-electron chi connectivity index (χ4n) is 1.88. The molecule has 0 fully saturated rings. The lowest BCUT2D eigenvalue weighted by atomic mass is 10.1. The van der Waals surface area contributed by atoms with Crippen LogP contribution in [0, 0.1) is 0 Å². The van der Waals surface area contributed by atoms with Gasteiger partial charge >= 0.3 is 0 Å². The monoisotopic (exact) mass is 240 g/mol. The van der Waals surface area contributed by atoms with Gasteiger partial charge in [0.15, 0.2) is 0 Å². The Balaban J connectivity index is 2.07. The largest absolute Gasteiger partial charge is 0.396 e. The van der Waals surface area contributed by atoms with E-state index in [0.717, 1.165) is 6.42 Å². The summed E-state index contributed by atoms with van der Waals surface area (Å²) in [6, 6.07) is 4.38. The van der Waals surface area contributed by atoms with Crippen LogP contribution in [0.3, 0.4) is 0 Å². The van der Waals surface area contributed by atoms with Gasteiger partial charge in [0.1, 0.15) is 0 Å². The molecule has 0 bridgehead atoms. The number of aliphatic hydroxyl groups is 1. The molecule has 1 rings (SSSR count). The Morgan fingerprint density at radius 2 is 1.56 bits per heavy atom. The van der Waals surface area contributed by atoms with Crippen LogP contribution in [-0.4, -0.2) is 11.7 Å². The fraction of sp³-hybridized carbons (Fsp3) is 0.714. The number of aliphatic hydroxyl groups excluding tert-OH is 1. The standard InChI is InChI=1S/C14H24OS/c1-2-3-4-5-6-7-8-13-9-10-14(16-13)11-12-15/h9-10,15H,2-8,11-12H2,1H3. The fourth-order valence-corrected chi connectivity index (χ4v) is 2.93. The third kappa shape index (κ3) is 5.66. The average molecular weight is 240 g/mol. The molecule has 0 aromatic carbocycles. The summed E-state index contributed by atoms with van der Waals surface area (Å²) >= 11 is 1.87. The Labute approximate surface area is 104 Å². The van der Waals surface area contributed by atoms with Crippen molar-refractivity contribution in [3.05, 3.63) is 21.9 Å². The highest BCUT2D eigenvalue weighted by atomic mass is 32.1. The second-order valence-electron chi connectivity index (χ2n) is 4.36. The minimum Gasteiger partial charge on any atom is -0.396 e. The summed E-state index contributed by atoms with van der Waals surface area (Å²) in [6.45, 7) is 2.53. The molecule has 0 radical (unpaired) electrons. The molecule has 0 saturated carbocycles. The molecule has 1 N–H and O–H groups in total. The molecule has 0 saturated heterocycles. The summed E-state index contributed by atoms with van der Waals surface area (Å²) < 4.78 is 0. The molecule has 1 aromatic heterocycles. The van der Waals surface area contributed by atoms with Crippen LogP contribution in [-0.2, 0) is 12.8 Å². The quantitative estimate of drug-likeness (QED) is 0.642. The molecule has 0 spiro atoms. The number of hydrogen-bond donors (Lipinski definition) is 1. The minimum atomic E-state index is 0.275. The highest BCUT2D eigenvalue weighted by Gasteiger charge is 1.99. The van der Waals surface area contributed by atoms with Gasteiger partial charge in [0, 0.05) is 22.8 Å². The lowest BCUT2D eigenvalue weighted by Crippen LogP contribution is -1.85. The summed E-state index contributed by atoms with van der Waals surface area (Å²) in [5.41, 5.74) is 0. The molecule has 0 atom stereocenters. The molecular weight excluding hydrogens is 216 g/mol. The maximum Gasteiger partial charge on any atom is 0.0479 e. The third-order valence-corrected chi connectivity index (χ3v) is 4.06. The second-order valence-corrected chi connectivity index (χ2v) is 5.61. The number of unbranched alkanes of at least 4 members (excludes halogenated alkanes) is 5. The maximum absolute atomic E-state index is 8.83. The molecule has 0 aliphatic rings. The van der Waals surface area contributed by atoms with E-state index in [9.17, 15) is 0 Å². The SMILES string of the molecule is CCCCCCCCc1ccc(CCO)s1. The lowest BCUT2D eigenvalue weighted by Gasteiger charge is -1.99. The van der Waals surface area contributed by atoms with E-state index in [-0.39, 0.29) is 6.61 Å². The van der Waals surface area contributed by atoms with Gasteiger partial charge in [0.25, 0.3) is 0 Å². The van der Waals surface area contributed by atoms with E-state index in [1.165, 1.54) is 54.7 Å². The van der Waals surface area contributed by atoms with Crippen LogP contribution in [0.25, 0.3) is 0 Å². The van der Waals surface area contributed by atoms with Crippen molar-refractivity contribution in [2.45, 2.75) is 58.3 Å². The van der Waals surface area contributed by atoms with Crippen LogP contribution in [0.1, 0.15) is 55.2 Å². The van der Waals surface area contributed by atoms with Crippen LogP contribution in [0.2, 0.25) is 0 Å². The molecule has 0 aliphatic carbocycles. The zero-order valence-electron chi connectivity index (χ0n) is 10.4. The van der Waals surface area contributed by atoms with Gasteiger partial charge in [-0.2, -0.15) is 0 Å². The van der Waals surface area contributed by atoms with Crippen molar-refractivity contribution in [2.75, 3.05) is 6.61 Å². The first-order chi connectivity index (χ1) is 7.86. The van der Waals surface area contributed by atoms with Crippen LogP contribution < -0.4 is 0 Å². The van der Waals surface area contributed by atoms with Gasteiger partial charge in [-0.1, -0.05) is 39.0 Å². The Morgan fingerprint density at radius 1 is 0.938 bits per heavy atom. The molecule has 0 unspecified atom stereocenters. The highest BCUT2D eigenvalue weighted by Crippen LogP contribution is 2.19. The van der Waals surface area contributed by atoms with Crippen molar-refractivity contribution in [3.8, 4) is 0 Å². The number of rotatable bonds is 9. The van der Waals surface area contributed by atoms with E-state index < -0.39 is 0 Å². The van der Waals surface area contributed by atoms with E-state index in [1.54, 1.807) is 0 Å². The second kappa shape index (κ2) is 8.77. The molecule has 1 aromatic rings. The predicted octanol–water partition coefficient (Wildman–Crippen LogP) is 4.19. The number of aryl methyl sites for hydroxylation is 1. The van der Waals surface area contributed by atoms with Crippen molar-refractivity contribution in [2.24, 2.45) is 0 Å². The van der Waals surface area contributed by atoms with Crippen molar-refractivity contribution >= 4 is 11.3 Å². The van der Waals surface area contributed by atoms with Gasteiger partial charge in [-0.25, -0.2) is 0 Å². The highest BCUT2D eigenvalue weighted by molar-refractivity contribution is 7.11. The van der Waals surface area contributed by atoms with Crippen LogP contribution in [0.5, 0.6) is 0 Å². The molecule has 0 amide bonds. The smallest absolute Gasteiger partial charge is 0.0479 e. The number of thiophene rings is 1.